The van der Waals surface area contributed by atoms with Gasteiger partial charge in [0.1, 0.15) is 0 Å². The first-order valence-corrected chi connectivity index (χ1v) is 15.8. The maximum Gasteiger partial charge on any atom is 3.00 e. The van der Waals surface area contributed by atoms with Gasteiger partial charge in [-0.2, -0.15) is 0 Å². The molecule has 0 aromatic carbocycles. The van der Waals surface area contributed by atoms with Crippen LogP contribution in [0.5, 0.6) is 0 Å². The SMILES string of the molecule is C[Si](C)(C)[NH-].C[Si](C)(C)[NH-].C[Si](C)(C)[NH-].[U+3]. The number of nitrogens with one attached hydrogen (secondary N) is 3. The molecule has 0 bridgehead atoms. The molecule has 97 valence electrons. The summed E-state index contributed by atoms with van der Waals surface area (Å²) >= 11 is 0. The Balaban J connectivity index is -0.0000000655. The molecule has 0 heterocycles. The van der Waals surface area contributed by atoms with Crippen molar-refractivity contribution in [2.75, 3.05) is 0 Å². The van der Waals surface area contributed by atoms with E-state index < -0.39 is 24.7 Å². The largest absolute Gasteiger partial charge is 3.00 e. The molecular formula is C9H30N3Si3U. The second-order valence-electron chi connectivity index (χ2n) is 6.75. The van der Waals surface area contributed by atoms with E-state index in [1.807, 2.05) is 58.9 Å². The van der Waals surface area contributed by atoms with Gasteiger partial charge in [0.25, 0.3) is 0 Å². The fourth-order valence-electron chi connectivity index (χ4n) is 0. The number of rotatable bonds is 0. The maximum atomic E-state index is 7.08. The Labute approximate surface area is 130 Å². The molecule has 0 rings (SSSR count). The van der Waals surface area contributed by atoms with E-state index in [-0.39, 0.29) is 31.1 Å². The van der Waals surface area contributed by atoms with Gasteiger partial charge >= 0.3 is 31.1 Å². The molecule has 0 fully saturated rings. The van der Waals surface area contributed by atoms with E-state index in [0.717, 1.165) is 0 Å². The molecule has 0 unspecified atom stereocenters. The predicted molar refractivity (Wildman–Crippen MR) is 83.0 cm³/mol. The molecule has 0 aliphatic rings. The fraction of sp³-hybridized carbons (Fsp3) is 1.00. The van der Waals surface area contributed by atoms with Crippen LogP contribution in [0, 0.1) is 31.1 Å². The smallest absolute Gasteiger partial charge is 0.680 e. The Morgan fingerprint density at radius 3 is 0.438 bits per heavy atom. The Morgan fingerprint density at radius 1 is 0.438 bits per heavy atom. The third kappa shape index (κ3) is 1320. The first-order valence-electron chi connectivity index (χ1n) is 5.25. The van der Waals surface area contributed by atoms with Gasteiger partial charge in [-0.25, -0.2) is 0 Å². The molecule has 3 N–H and O–H groups in total. The van der Waals surface area contributed by atoms with Gasteiger partial charge in [-0.3, -0.25) is 0 Å². The molecule has 0 spiro atoms. The molecule has 0 aromatic rings. The molecule has 0 aliphatic carbocycles. The molecular weight excluding hydrogens is 472 g/mol. The summed E-state index contributed by atoms with van der Waals surface area (Å²) in [5.41, 5.74) is 0. The van der Waals surface area contributed by atoms with Gasteiger partial charge in [-0.15, -0.1) is 0 Å². The summed E-state index contributed by atoms with van der Waals surface area (Å²) < 4.78 is 0. The van der Waals surface area contributed by atoms with Crippen LogP contribution in [-0.2, 0) is 0 Å². The normalized spacial score (nSPS) is 11.2. The van der Waals surface area contributed by atoms with Gasteiger partial charge in [0.2, 0.25) is 0 Å². The van der Waals surface area contributed by atoms with Crippen molar-refractivity contribution in [1.82, 2.24) is 0 Å². The molecule has 0 saturated carbocycles. The van der Waals surface area contributed by atoms with Gasteiger partial charge in [0.05, 0.1) is 0 Å². The average Bonchev–Trinajstić information content (AvgIpc) is 1.41. The third-order valence-electron chi connectivity index (χ3n) is 0. The maximum absolute atomic E-state index is 7.08. The fourth-order valence-corrected chi connectivity index (χ4v) is 0. The quantitative estimate of drug-likeness (QED) is 0.386. The van der Waals surface area contributed by atoms with E-state index in [4.69, 9.17) is 16.2 Å². The summed E-state index contributed by atoms with van der Waals surface area (Å²) in [7, 11) is -4.08. The molecule has 1 radical (unpaired) electrons. The zero-order valence-electron chi connectivity index (χ0n) is 12.5. The zero-order chi connectivity index (χ0) is 13.5. The summed E-state index contributed by atoms with van der Waals surface area (Å²) in [6.07, 6.45) is 0. The van der Waals surface area contributed by atoms with Crippen molar-refractivity contribution >= 4 is 24.7 Å². The summed E-state index contributed by atoms with van der Waals surface area (Å²) in [5, 5.41) is 21.2. The van der Waals surface area contributed by atoms with Crippen molar-refractivity contribution in [1.29, 1.82) is 0 Å². The summed E-state index contributed by atoms with van der Waals surface area (Å²) in [6.45, 7) is 17.9. The molecule has 0 aliphatic heterocycles. The molecule has 3 nitrogen and oxygen atoms in total. The van der Waals surface area contributed by atoms with Gasteiger partial charge in [-0.1, -0.05) is 83.6 Å². The van der Waals surface area contributed by atoms with Crippen LogP contribution >= 0.6 is 0 Å². The van der Waals surface area contributed by atoms with Crippen molar-refractivity contribution in [3.05, 3.63) is 16.2 Å². The van der Waals surface area contributed by atoms with E-state index in [2.05, 4.69) is 0 Å². The minimum absolute atomic E-state index is 0. The van der Waals surface area contributed by atoms with Crippen molar-refractivity contribution in [2.24, 2.45) is 0 Å². The van der Waals surface area contributed by atoms with Gasteiger partial charge in [-0.05, 0) is 0 Å². The Bertz CT molecular complexity index is 101. The van der Waals surface area contributed by atoms with Gasteiger partial charge in [0, 0.05) is 0 Å². The topological polar surface area (TPSA) is 71.4 Å². The van der Waals surface area contributed by atoms with Crippen molar-refractivity contribution in [3.63, 3.8) is 0 Å². The number of hydrogen-bond acceptors (Lipinski definition) is 0. The van der Waals surface area contributed by atoms with Crippen LogP contribution in [0.25, 0.3) is 16.2 Å². The van der Waals surface area contributed by atoms with E-state index >= 15 is 0 Å². The molecule has 0 aromatic heterocycles. The van der Waals surface area contributed by atoms with Gasteiger partial charge in [0.15, 0.2) is 0 Å². The van der Waals surface area contributed by atoms with Crippen LogP contribution < -0.4 is 0 Å². The standard InChI is InChI=1S/3C3H10NSi.U/c3*1-5(2,3)4;/h3*4H,1-3H3;/q3*-1;+3. The minimum atomic E-state index is -1.36. The number of hydrogen-bond donors (Lipinski definition) is 0. The van der Waals surface area contributed by atoms with E-state index in [0.29, 0.717) is 0 Å². The third-order valence-corrected chi connectivity index (χ3v) is 0. The Hall–Kier alpha value is 1.58. The van der Waals surface area contributed by atoms with E-state index in [9.17, 15) is 0 Å². The summed E-state index contributed by atoms with van der Waals surface area (Å²) in [4.78, 5) is 0. The predicted octanol–water partition coefficient (Wildman–Crippen LogP) is 5.62. The second kappa shape index (κ2) is 10.5. The van der Waals surface area contributed by atoms with Crippen molar-refractivity contribution in [3.8, 4) is 0 Å². The van der Waals surface area contributed by atoms with Crippen LogP contribution in [0.4, 0.5) is 0 Å². The van der Waals surface area contributed by atoms with Crippen LogP contribution in [-0.4, -0.2) is 24.7 Å². The summed E-state index contributed by atoms with van der Waals surface area (Å²) in [5.74, 6) is 0. The van der Waals surface area contributed by atoms with Gasteiger partial charge < -0.3 is 16.2 Å². The summed E-state index contributed by atoms with van der Waals surface area (Å²) in [6, 6.07) is 0. The van der Waals surface area contributed by atoms with E-state index in [1.54, 1.807) is 0 Å². The zero-order valence-corrected chi connectivity index (χ0v) is 19.7. The minimum Gasteiger partial charge on any atom is -0.680 e. The second-order valence-corrected chi connectivity index (χ2v) is 20.2. The molecule has 16 heavy (non-hydrogen) atoms. The molecule has 0 amide bonds. The monoisotopic (exact) mass is 502 g/mol. The van der Waals surface area contributed by atoms with E-state index in [1.165, 1.54) is 0 Å². The van der Waals surface area contributed by atoms with Crippen molar-refractivity contribution < 1.29 is 31.1 Å². The van der Waals surface area contributed by atoms with Crippen LogP contribution in [0.3, 0.4) is 0 Å². The Morgan fingerprint density at radius 2 is 0.438 bits per heavy atom. The first-order chi connectivity index (χ1) is 6.00. The molecule has 0 atom stereocenters. The van der Waals surface area contributed by atoms with Crippen LogP contribution in [0.2, 0.25) is 58.9 Å². The average molecular weight is 503 g/mol. The van der Waals surface area contributed by atoms with Crippen LogP contribution in [0.1, 0.15) is 0 Å². The molecule has 7 heteroatoms. The van der Waals surface area contributed by atoms with Crippen molar-refractivity contribution in [2.45, 2.75) is 58.9 Å². The van der Waals surface area contributed by atoms with Crippen LogP contribution in [0.15, 0.2) is 0 Å². The first kappa shape index (κ1) is 26.2. The molecule has 0 saturated heterocycles. The Kier molecular flexibility index (Phi) is 17.2.